The number of amides is 1. The van der Waals surface area contributed by atoms with E-state index in [0.717, 1.165) is 17.8 Å². The summed E-state index contributed by atoms with van der Waals surface area (Å²) in [7, 11) is 1.43. The van der Waals surface area contributed by atoms with Gasteiger partial charge in [-0.15, -0.1) is 0 Å². The highest BCUT2D eigenvalue weighted by Gasteiger charge is 2.30. The Labute approximate surface area is 181 Å². The second-order valence-electron chi connectivity index (χ2n) is 6.66. The minimum Gasteiger partial charge on any atom is -0.493 e. The lowest BCUT2D eigenvalue weighted by Gasteiger charge is -2.12. The molecule has 2 aromatic carbocycles. The van der Waals surface area contributed by atoms with Crippen molar-refractivity contribution >= 4 is 23.8 Å². The van der Waals surface area contributed by atoms with Crippen molar-refractivity contribution in [1.29, 1.82) is 0 Å². The zero-order valence-corrected chi connectivity index (χ0v) is 17.2. The van der Waals surface area contributed by atoms with E-state index in [0.29, 0.717) is 11.3 Å². The van der Waals surface area contributed by atoms with Crippen molar-refractivity contribution in [2.24, 2.45) is 5.10 Å². The molecule has 0 aliphatic rings. The predicted molar refractivity (Wildman–Crippen MR) is 113 cm³/mol. The maximum atomic E-state index is 12.8. The number of nitrogen functional groups attached to an aromatic ring is 1. The molecule has 0 saturated heterocycles. The van der Waals surface area contributed by atoms with Crippen LogP contribution in [0.15, 0.2) is 53.8 Å². The second-order valence-corrected chi connectivity index (χ2v) is 6.66. The summed E-state index contributed by atoms with van der Waals surface area (Å²) in [5.41, 5.74) is 6.30. The number of hydrogen-bond acceptors (Lipinski definition) is 6. The van der Waals surface area contributed by atoms with E-state index in [2.05, 4.69) is 15.4 Å². The highest BCUT2D eigenvalue weighted by Crippen LogP contribution is 2.31. The van der Waals surface area contributed by atoms with E-state index in [1.807, 2.05) is 0 Å². The predicted octanol–water partition coefficient (Wildman–Crippen LogP) is 3.70. The molecule has 0 fully saturated rings. The molecule has 1 heterocycles. The summed E-state index contributed by atoms with van der Waals surface area (Å²) in [5.74, 6) is 0.248. The molecule has 11 heteroatoms. The summed E-state index contributed by atoms with van der Waals surface area (Å²) in [5, 5.41) is 6.58. The number of rotatable bonds is 7. The van der Waals surface area contributed by atoms with Gasteiger partial charge in [0, 0.05) is 5.69 Å². The third kappa shape index (κ3) is 5.78. The van der Waals surface area contributed by atoms with E-state index < -0.39 is 24.3 Å². The highest BCUT2D eigenvalue weighted by atomic mass is 19.4. The molecule has 168 valence electrons. The Bertz CT molecular complexity index is 1140. The van der Waals surface area contributed by atoms with Gasteiger partial charge in [0.15, 0.2) is 18.1 Å². The van der Waals surface area contributed by atoms with Crippen molar-refractivity contribution in [3.05, 3.63) is 65.5 Å². The van der Waals surface area contributed by atoms with Crippen LogP contribution in [-0.4, -0.2) is 35.5 Å². The number of ether oxygens (including phenoxy) is 2. The fraction of sp³-hybridized carbons (Fsp3) is 0.190. The number of nitrogens with zero attached hydrogens (tertiary/aromatic N) is 3. The van der Waals surface area contributed by atoms with E-state index in [1.165, 1.54) is 23.9 Å². The topological polar surface area (TPSA) is 104 Å². The molecule has 32 heavy (non-hydrogen) atoms. The number of imidazole rings is 1. The normalized spacial score (nSPS) is 11.5. The molecular weight excluding hydrogens is 427 g/mol. The van der Waals surface area contributed by atoms with Crippen LogP contribution in [0.2, 0.25) is 0 Å². The Kier molecular flexibility index (Phi) is 6.67. The van der Waals surface area contributed by atoms with Gasteiger partial charge in [0.1, 0.15) is 0 Å². The summed E-state index contributed by atoms with van der Waals surface area (Å²) < 4.78 is 50.5. The molecule has 1 aromatic heterocycles. The lowest BCUT2D eigenvalue weighted by Crippen LogP contribution is -2.20. The smallest absolute Gasteiger partial charge is 0.416 e. The number of carbonyl (C=O) groups excluding carboxylic acids is 1. The molecule has 0 bridgehead atoms. The molecule has 0 spiro atoms. The van der Waals surface area contributed by atoms with Crippen LogP contribution in [0.25, 0.3) is 0 Å². The number of halogens is 3. The zero-order chi connectivity index (χ0) is 23.3. The van der Waals surface area contributed by atoms with Crippen molar-refractivity contribution in [3.8, 4) is 11.5 Å². The zero-order valence-electron chi connectivity index (χ0n) is 17.2. The molecule has 1 amide bonds. The van der Waals surface area contributed by atoms with E-state index in [-0.39, 0.29) is 17.4 Å². The van der Waals surface area contributed by atoms with Gasteiger partial charge >= 0.3 is 6.18 Å². The van der Waals surface area contributed by atoms with E-state index in [9.17, 15) is 18.0 Å². The van der Waals surface area contributed by atoms with Gasteiger partial charge < -0.3 is 20.5 Å². The standard InChI is InChI=1S/C21H20F3N5O3/c1-13-11-29(20(25)27-13)26-10-14-6-7-17(18(8-14)31-2)32-12-19(30)28-16-5-3-4-15(9-16)21(22,23)24/h3-11H,12H2,1-2H3,(H2,25,27)(H,28,30). The van der Waals surface area contributed by atoms with Gasteiger partial charge in [0.25, 0.3) is 5.91 Å². The number of aryl methyl sites for hydroxylation is 1. The Hall–Kier alpha value is -4.02. The van der Waals surface area contributed by atoms with E-state index >= 15 is 0 Å². The summed E-state index contributed by atoms with van der Waals surface area (Å²) >= 11 is 0. The number of carbonyl (C=O) groups is 1. The largest absolute Gasteiger partial charge is 0.493 e. The molecule has 0 aliphatic carbocycles. The van der Waals surface area contributed by atoms with Crippen LogP contribution < -0.4 is 20.5 Å². The van der Waals surface area contributed by atoms with Gasteiger partial charge in [-0.25, -0.2) is 9.66 Å². The van der Waals surface area contributed by atoms with Crippen LogP contribution in [0.1, 0.15) is 16.8 Å². The van der Waals surface area contributed by atoms with Crippen molar-refractivity contribution in [2.45, 2.75) is 13.1 Å². The molecule has 0 unspecified atom stereocenters. The van der Waals surface area contributed by atoms with Crippen LogP contribution in [0.4, 0.5) is 24.8 Å². The third-order valence-corrected chi connectivity index (χ3v) is 4.19. The van der Waals surface area contributed by atoms with E-state index in [1.54, 1.807) is 37.5 Å². The number of alkyl halides is 3. The number of nitrogens with two attached hydrogens (primary N) is 1. The molecule has 8 nitrogen and oxygen atoms in total. The first-order valence-corrected chi connectivity index (χ1v) is 9.29. The monoisotopic (exact) mass is 447 g/mol. The number of hydrogen-bond donors (Lipinski definition) is 2. The Morgan fingerprint density at radius 2 is 2.03 bits per heavy atom. The first-order chi connectivity index (χ1) is 15.2. The summed E-state index contributed by atoms with van der Waals surface area (Å²) in [6.45, 7) is 1.37. The third-order valence-electron chi connectivity index (χ3n) is 4.19. The van der Waals surface area contributed by atoms with Gasteiger partial charge in [-0.1, -0.05) is 6.07 Å². The van der Waals surface area contributed by atoms with Crippen molar-refractivity contribution < 1.29 is 27.4 Å². The van der Waals surface area contributed by atoms with Crippen molar-refractivity contribution in [2.75, 3.05) is 24.8 Å². The second kappa shape index (κ2) is 9.41. The molecule has 0 aliphatic heterocycles. The average molecular weight is 447 g/mol. The minimum atomic E-state index is -4.50. The maximum Gasteiger partial charge on any atom is 0.416 e. The molecule has 3 N–H and O–H groups in total. The van der Waals surface area contributed by atoms with Gasteiger partial charge in [0.2, 0.25) is 5.95 Å². The molecular formula is C21H20F3N5O3. The SMILES string of the molecule is COc1cc(C=Nn2cc(C)nc2N)ccc1OCC(=O)Nc1cccc(C(F)(F)F)c1. The molecule has 0 radical (unpaired) electrons. The lowest BCUT2D eigenvalue weighted by molar-refractivity contribution is -0.137. The van der Waals surface area contributed by atoms with Crippen molar-refractivity contribution in [3.63, 3.8) is 0 Å². The molecule has 0 atom stereocenters. The number of aromatic nitrogens is 2. The number of benzene rings is 2. The number of anilines is 2. The summed E-state index contributed by atoms with van der Waals surface area (Å²) in [6, 6.07) is 9.25. The number of nitrogens with one attached hydrogen (secondary N) is 1. The molecule has 3 aromatic rings. The highest BCUT2D eigenvalue weighted by molar-refractivity contribution is 5.92. The Morgan fingerprint density at radius 3 is 2.69 bits per heavy atom. The summed E-state index contributed by atoms with van der Waals surface area (Å²) in [6.07, 6.45) is -1.29. The number of methoxy groups -OCH3 is 1. The fourth-order valence-corrected chi connectivity index (χ4v) is 2.72. The van der Waals surface area contributed by atoms with E-state index in [4.69, 9.17) is 15.2 Å². The van der Waals surface area contributed by atoms with Crippen LogP contribution in [0.3, 0.4) is 0 Å². The van der Waals surface area contributed by atoms with Gasteiger partial charge in [0.05, 0.1) is 30.8 Å². The first-order valence-electron chi connectivity index (χ1n) is 9.29. The van der Waals surface area contributed by atoms with Crippen LogP contribution in [-0.2, 0) is 11.0 Å². The van der Waals surface area contributed by atoms with Gasteiger partial charge in [-0.3, -0.25) is 4.79 Å². The Morgan fingerprint density at radius 1 is 1.25 bits per heavy atom. The fourth-order valence-electron chi connectivity index (χ4n) is 2.72. The molecule has 0 saturated carbocycles. The van der Waals surface area contributed by atoms with Crippen molar-refractivity contribution in [1.82, 2.24) is 9.66 Å². The quantitative estimate of drug-likeness (QED) is 0.538. The van der Waals surface area contributed by atoms with Crippen LogP contribution >= 0.6 is 0 Å². The average Bonchev–Trinajstić information content (AvgIpc) is 3.07. The van der Waals surface area contributed by atoms with Crippen LogP contribution in [0.5, 0.6) is 11.5 Å². The summed E-state index contributed by atoms with van der Waals surface area (Å²) in [4.78, 5) is 16.2. The Balaban J connectivity index is 1.63. The molecule has 3 rings (SSSR count). The van der Waals surface area contributed by atoms with Crippen LogP contribution in [0, 0.1) is 6.92 Å². The lowest BCUT2D eigenvalue weighted by atomic mass is 10.2. The van der Waals surface area contributed by atoms with Gasteiger partial charge in [-0.2, -0.15) is 18.3 Å². The minimum absolute atomic E-state index is 0.0148. The first kappa shape index (κ1) is 22.7. The van der Waals surface area contributed by atoms with Gasteiger partial charge in [-0.05, 0) is 48.9 Å². The maximum absolute atomic E-state index is 12.8.